The number of benzene rings is 1. The molecule has 21 heavy (non-hydrogen) atoms. The van der Waals surface area contributed by atoms with Gasteiger partial charge in [-0.2, -0.15) is 11.8 Å². The van der Waals surface area contributed by atoms with Gasteiger partial charge in [0, 0.05) is 11.3 Å². The van der Waals surface area contributed by atoms with Gasteiger partial charge < -0.3 is 5.21 Å². The predicted molar refractivity (Wildman–Crippen MR) is 94.8 cm³/mol. The molecule has 112 valence electrons. The van der Waals surface area contributed by atoms with Gasteiger partial charge in [-0.05, 0) is 30.2 Å². The van der Waals surface area contributed by atoms with Crippen molar-refractivity contribution in [2.45, 2.75) is 12.8 Å². The van der Waals surface area contributed by atoms with Gasteiger partial charge in [0.15, 0.2) is 0 Å². The Morgan fingerprint density at radius 1 is 1.24 bits per heavy atom. The zero-order valence-corrected chi connectivity index (χ0v) is 14.4. The number of oxime groups is 1. The van der Waals surface area contributed by atoms with Crippen molar-refractivity contribution in [3.8, 4) is 0 Å². The van der Waals surface area contributed by atoms with Crippen LogP contribution in [-0.2, 0) is 6.42 Å². The Morgan fingerprint density at radius 2 is 2.00 bits per heavy atom. The maximum absolute atomic E-state index is 9.13. The van der Waals surface area contributed by atoms with E-state index in [-0.39, 0.29) is 0 Å². The van der Waals surface area contributed by atoms with E-state index < -0.39 is 0 Å². The average Bonchev–Trinajstić information content (AvgIpc) is 2.82. The third-order valence-electron chi connectivity index (χ3n) is 2.92. The molecule has 0 fully saturated rings. The minimum atomic E-state index is 0.567. The maximum Gasteiger partial charge on any atom is 0.104 e. The Balaban J connectivity index is 1.76. The zero-order chi connectivity index (χ0) is 15.1. The third kappa shape index (κ3) is 5.22. The first kappa shape index (κ1) is 16.7. The Bertz CT molecular complexity index is 599. The molecule has 1 N–H and O–H groups in total. The number of hydrogen-bond acceptors (Lipinski definition) is 4. The van der Waals surface area contributed by atoms with Gasteiger partial charge in [0.2, 0.25) is 0 Å². The molecule has 6 heteroatoms. The van der Waals surface area contributed by atoms with Crippen molar-refractivity contribution < 1.29 is 5.21 Å². The molecule has 0 aliphatic heterocycles. The van der Waals surface area contributed by atoms with Crippen LogP contribution >= 0.6 is 46.3 Å². The largest absolute Gasteiger partial charge is 0.411 e. The number of aryl methyl sites for hydroxylation is 1. The van der Waals surface area contributed by atoms with Gasteiger partial charge in [-0.1, -0.05) is 58.7 Å². The van der Waals surface area contributed by atoms with Crippen LogP contribution < -0.4 is 0 Å². The number of nitrogens with zero attached hydrogens (tertiary/aromatic N) is 1. The highest BCUT2D eigenvalue weighted by molar-refractivity contribution is 7.99. The molecule has 0 radical (unpaired) electrons. The molecule has 0 aliphatic rings. The Labute approximate surface area is 142 Å². The lowest BCUT2D eigenvalue weighted by atomic mass is 10.1. The molecule has 2 nitrogen and oxygen atoms in total. The Kier molecular flexibility index (Phi) is 6.90. The quantitative estimate of drug-likeness (QED) is 0.302. The molecular formula is C15H15Cl2NOS2. The highest BCUT2D eigenvalue weighted by Crippen LogP contribution is 2.32. The summed E-state index contributed by atoms with van der Waals surface area (Å²) in [5.74, 6) is 1.63. The van der Waals surface area contributed by atoms with Crippen LogP contribution in [0.15, 0.2) is 41.6 Å². The summed E-state index contributed by atoms with van der Waals surface area (Å²) in [5, 5.41) is 12.5. The molecule has 0 spiro atoms. The van der Waals surface area contributed by atoms with E-state index >= 15 is 0 Å². The summed E-state index contributed by atoms with van der Waals surface area (Å²) >= 11 is 15.0. The van der Waals surface area contributed by atoms with Crippen LogP contribution in [0.3, 0.4) is 0 Å². The SMILES string of the molecule is O/N=C(\CSCCCc1ccccc1)c1cc(Cl)sc1Cl. The van der Waals surface area contributed by atoms with Crippen LogP contribution in [0.1, 0.15) is 17.5 Å². The summed E-state index contributed by atoms with van der Waals surface area (Å²) in [5.41, 5.74) is 2.65. The number of thioether (sulfide) groups is 1. The second-order valence-electron chi connectivity index (χ2n) is 4.43. The van der Waals surface area contributed by atoms with Crippen molar-refractivity contribution >= 4 is 52.0 Å². The van der Waals surface area contributed by atoms with Crippen molar-refractivity contribution in [3.63, 3.8) is 0 Å². The van der Waals surface area contributed by atoms with Crippen LogP contribution in [0, 0.1) is 0 Å². The normalized spacial score (nSPS) is 11.8. The average molecular weight is 360 g/mol. The topological polar surface area (TPSA) is 32.6 Å². The van der Waals surface area contributed by atoms with E-state index in [1.54, 1.807) is 17.8 Å². The first-order chi connectivity index (χ1) is 10.2. The summed E-state index contributed by atoms with van der Waals surface area (Å²) in [6, 6.07) is 12.2. The van der Waals surface area contributed by atoms with E-state index in [0.29, 0.717) is 20.1 Å². The number of rotatable bonds is 7. The molecule has 0 bridgehead atoms. The molecule has 1 aromatic carbocycles. The first-order valence-electron chi connectivity index (χ1n) is 6.48. The fourth-order valence-corrected chi connectivity index (χ4v) is 4.30. The van der Waals surface area contributed by atoms with Crippen LogP contribution in [0.25, 0.3) is 0 Å². The molecule has 2 aromatic rings. The number of hydrogen-bond donors (Lipinski definition) is 1. The second-order valence-corrected chi connectivity index (χ2v) is 7.82. The van der Waals surface area contributed by atoms with Gasteiger partial charge in [-0.3, -0.25) is 0 Å². The Morgan fingerprint density at radius 3 is 2.62 bits per heavy atom. The molecule has 1 aromatic heterocycles. The number of halogens is 2. The van der Waals surface area contributed by atoms with Crippen LogP contribution in [0.4, 0.5) is 0 Å². The molecule has 1 heterocycles. The summed E-state index contributed by atoms with van der Waals surface area (Å²) in [4.78, 5) is 0. The molecule has 0 aliphatic carbocycles. The van der Waals surface area contributed by atoms with Crippen molar-refractivity contribution in [3.05, 3.63) is 56.2 Å². The zero-order valence-electron chi connectivity index (χ0n) is 11.3. The van der Waals surface area contributed by atoms with Gasteiger partial charge >= 0.3 is 0 Å². The standard InChI is InChI=1S/C15H15Cl2NOS2/c16-14-9-12(15(17)21-14)13(18-19)10-20-8-4-7-11-5-2-1-3-6-11/h1-3,5-6,9,19H,4,7-8,10H2/b18-13+. The van der Waals surface area contributed by atoms with E-state index in [2.05, 4.69) is 29.4 Å². The highest BCUT2D eigenvalue weighted by Gasteiger charge is 2.13. The summed E-state index contributed by atoms with van der Waals surface area (Å²) in [6.07, 6.45) is 2.15. The van der Waals surface area contributed by atoms with E-state index in [4.69, 9.17) is 28.4 Å². The minimum absolute atomic E-state index is 0.567. The maximum atomic E-state index is 9.13. The van der Waals surface area contributed by atoms with Crippen LogP contribution in [0.2, 0.25) is 8.67 Å². The van der Waals surface area contributed by atoms with Crippen LogP contribution in [0.5, 0.6) is 0 Å². The predicted octanol–water partition coefficient (Wildman–Crippen LogP) is 5.60. The lowest BCUT2D eigenvalue weighted by Gasteiger charge is -2.04. The number of thiophene rings is 1. The summed E-state index contributed by atoms with van der Waals surface area (Å²) < 4.78 is 1.17. The van der Waals surface area contributed by atoms with E-state index in [1.165, 1.54) is 16.9 Å². The monoisotopic (exact) mass is 359 g/mol. The van der Waals surface area contributed by atoms with Crippen molar-refractivity contribution in [1.82, 2.24) is 0 Å². The molecular weight excluding hydrogens is 345 g/mol. The molecule has 2 rings (SSSR count). The van der Waals surface area contributed by atoms with E-state index in [1.807, 2.05) is 6.07 Å². The lowest BCUT2D eigenvalue weighted by Crippen LogP contribution is -2.04. The fourth-order valence-electron chi connectivity index (χ4n) is 1.89. The molecule has 0 unspecified atom stereocenters. The van der Waals surface area contributed by atoms with Gasteiger partial charge in [-0.15, -0.1) is 11.3 Å². The lowest BCUT2D eigenvalue weighted by molar-refractivity contribution is 0.319. The molecule has 0 saturated heterocycles. The minimum Gasteiger partial charge on any atom is -0.411 e. The van der Waals surface area contributed by atoms with Gasteiger partial charge in [-0.25, -0.2) is 0 Å². The van der Waals surface area contributed by atoms with Crippen LogP contribution in [-0.4, -0.2) is 22.4 Å². The smallest absolute Gasteiger partial charge is 0.104 e. The summed E-state index contributed by atoms with van der Waals surface area (Å²) in [7, 11) is 0. The van der Waals surface area contributed by atoms with Crippen molar-refractivity contribution in [2.24, 2.45) is 5.16 Å². The van der Waals surface area contributed by atoms with Crippen molar-refractivity contribution in [1.29, 1.82) is 0 Å². The Hall–Kier alpha value is -0.680. The fraction of sp³-hybridized carbons (Fsp3) is 0.267. The molecule has 0 atom stereocenters. The molecule has 0 amide bonds. The van der Waals surface area contributed by atoms with E-state index in [0.717, 1.165) is 24.2 Å². The molecule has 0 saturated carbocycles. The third-order valence-corrected chi connectivity index (χ3v) is 5.47. The van der Waals surface area contributed by atoms with Gasteiger partial charge in [0.1, 0.15) is 4.34 Å². The van der Waals surface area contributed by atoms with E-state index in [9.17, 15) is 0 Å². The summed E-state index contributed by atoms with van der Waals surface area (Å²) in [6.45, 7) is 0. The van der Waals surface area contributed by atoms with Gasteiger partial charge in [0.25, 0.3) is 0 Å². The van der Waals surface area contributed by atoms with Crippen molar-refractivity contribution in [2.75, 3.05) is 11.5 Å². The second kappa shape index (κ2) is 8.69. The first-order valence-corrected chi connectivity index (χ1v) is 9.21. The highest BCUT2D eigenvalue weighted by atomic mass is 35.5. The van der Waals surface area contributed by atoms with Gasteiger partial charge in [0.05, 0.1) is 10.0 Å².